The highest BCUT2D eigenvalue weighted by Gasteiger charge is 2.12. The summed E-state index contributed by atoms with van der Waals surface area (Å²) in [6.45, 7) is 3.20. The molecule has 0 fully saturated rings. The molecule has 5 heteroatoms. The standard InChI is InChI=1S/C22H27FN2O2/c1-2-3-4-5-6-7-16-24-20-13-10-18(11-14-20)8-9-19-12-15-22(25(26)27)21(23)17-19/h8-15,17,24H,2-7,16H2,1H3. The van der Waals surface area contributed by atoms with Crippen LogP contribution in [-0.4, -0.2) is 11.5 Å². The summed E-state index contributed by atoms with van der Waals surface area (Å²) in [5.74, 6) is -0.823. The molecule has 0 atom stereocenters. The van der Waals surface area contributed by atoms with Gasteiger partial charge in [0, 0.05) is 18.3 Å². The number of nitrogens with zero attached hydrogens (tertiary/aromatic N) is 1. The van der Waals surface area contributed by atoms with Crippen LogP contribution in [0.3, 0.4) is 0 Å². The molecule has 0 aliphatic carbocycles. The van der Waals surface area contributed by atoms with Gasteiger partial charge in [-0.3, -0.25) is 10.1 Å². The van der Waals surface area contributed by atoms with Gasteiger partial charge in [-0.15, -0.1) is 0 Å². The number of unbranched alkanes of at least 4 members (excludes halogenated alkanes) is 5. The van der Waals surface area contributed by atoms with Crippen LogP contribution in [0.5, 0.6) is 0 Å². The fourth-order valence-corrected chi connectivity index (χ4v) is 2.82. The summed E-state index contributed by atoms with van der Waals surface area (Å²) in [6, 6.07) is 11.9. The van der Waals surface area contributed by atoms with E-state index < -0.39 is 16.4 Å². The third kappa shape index (κ3) is 7.21. The lowest BCUT2D eigenvalue weighted by molar-refractivity contribution is -0.387. The van der Waals surface area contributed by atoms with Gasteiger partial charge in [0.15, 0.2) is 0 Å². The fraction of sp³-hybridized carbons (Fsp3) is 0.364. The molecule has 0 radical (unpaired) electrons. The van der Waals surface area contributed by atoms with Gasteiger partial charge in [-0.1, -0.05) is 63.3 Å². The Morgan fingerprint density at radius 3 is 2.26 bits per heavy atom. The lowest BCUT2D eigenvalue weighted by Gasteiger charge is -2.06. The van der Waals surface area contributed by atoms with Gasteiger partial charge in [-0.05, 0) is 41.8 Å². The van der Waals surface area contributed by atoms with Crippen LogP contribution in [0.2, 0.25) is 0 Å². The second kappa shape index (κ2) is 11.1. The largest absolute Gasteiger partial charge is 0.385 e. The molecule has 0 saturated carbocycles. The number of nitrogens with one attached hydrogen (secondary N) is 1. The molecule has 0 aromatic heterocycles. The van der Waals surface area contributed by atoms with Crippen LogP contribution in [0.15, 0.2) is 42.5 Å². The molecule has 144 valence electrons. The second-order valence-electron chi connectivity index (χ2n) is 6.62. The van der Waals surface area contributed by atoms with Crippen molar-refractivity contribution in [1.82, 2.24) is 0 Å². The monoisotopic (exact) mass is 370 g/mol. The average molecular weight is 370 g/mol. The second-order valence-corrected chi connectivity index (χ2v) is 6.62. The Hall–Kier alpha value is -2.69. The number of benzene rings is 2. The van der Waals surface area contributed by atoms with E-state index >= 15 is 0 Å². The van der Waals surface area contributed by atoms with Crippen molar-refractivity contribution < 1.29 is 9.31 Å². The van der Waals surface area contributed by atoms with E-state index in [1.807, 2.05) is 30.3 Å². The van der Waals surface area contributed by atoms with E-state index in [0.29, 0.717) is 5.56 Å². The molecule has 0 unspecified atom stereocenters. The van der Waals surface area contributed by atoms with Crippen molar-refractivity contribution in [3.63, 3.8) is 0 Å². The summed E-state index contributed by atoms with van der Waals surface area (Å²) in [6.07, 6.45) is 11.3. The van der Waals surface area contributed by atoms with Crippen LogP contribution < -0.4 is 5.32 Å². The van der Waals surface area contributed by atoms with Crippen molar-refractivity contribution in [3.8, 4) is 0 Å². The summed E-state index contributed by atoms with van der Waals surface area (Å²) < 4.78 is 13.6. The van der Waals surface area contributed by atoms with Gasteiger partial charge in [-0.2, -0.15) is 4.39 Å². The van der Waals surface area contributed by atoms with Crippen LogP contribution in [0, 0.1) is 15.9 Å². The Kier molecular flexibility index (Phi) is 8.49. The van der Waals surface area contributed by atoms with Crippen molar-refractivity contribution in [2.45, 2.75) is 45.4 Å². The maximum absolute atomic E-state index is 13.6. The molecule has 27 heavy (non-hydrogen) atoms. The van der Waals surface area contributed by atoms with Gasteiger partial charge in [0.1, 0.15) is 0 Å². The molecule has 0 bridgehead atoms. The third-order valence-corrected chi connectivity index (χ3v) is 4.41. The third-order valence-electron chi connectivity index (χ3n) is 4.41. The van der Waals surface area contributed by atoms with Gasteiger partial charge >= 0.3 is 5.69 Å². The highest BCUT2D eigenvalue weighted by atomic mass is 19.1. The van der Waals surface area contributed by atoms with Gasteiger partial charge in [0.05, 0.1) is 4.92 Å². The van der Waals surface area contributed by atoms with Crippen molar-refractivity contribution in [3.05, 3.63) is 69.5 Å². The molecular weight excluding hydrogens is 343 g/mol. The lowest BCUT2D eigenvalue weighted by Crippen LogP contribution is -2.01. The quantitative estimate of drug-likeness (QED) is 0.208. The first-order chi connectivity index (χ1) is 13.1. The van der Waals surface area contributed by atoms with Crippen molar-refractivity contribution in [2.75, 3.05) is 11.9 Å². The van der Waals surface area contributed by atoms with Gasteiger partial charge < -0.3 is 5.32 Å². The number of anilines is 1. The average Bonchev–Trinajstić information content (AvgIpc) is 2.66. The molecule has 2 rings (SSSR count). The first-order valence-electron chi connectivity index (χ1n) is 9.56. The number of nitro benzene ring substituents is 1. The summed E-state index contributed by atoms with van der Waals surface area (Å²) in [5.41, 5.74) is 2.15. The summed E-state index contributed by atoms with van der Waals surface area (Å²) in [5, 5.41) is 14.1. The molecule has 0 aliphatic heterocycles. The van der Waals surface area contributed by atoms with Gasteiger partial charge in [0.25, 0.3) is 0 Å². The zero-order valence-electron chi connectivity index (χ0n) is 15.8. The van der Waals surface area contributed by atoms with Crippen LogP contribution in [0.4, 0.5) is 15.8 Å². The molecule has 0 saturated heterocycles. The Labute approximate surface area is 160 Å². The van der Waals surface area contributed by atoms with Crippen LogP contribution >= 0.6 is 0 Å². The topological polar surface area (TPSA) is 55.2 Å². The van der Waals surface area contributed by atoms with Crippen molar-refractivity contribution >= 4 is 23.5 Å². The van der Waals surface area contributed by atoms with E-state index in [-0.39, 0.29) is 0 Å². The minimum absolute atomic E-state index is 0.507. The molecular formula is C22H27FN2O2. The Bertz CT molecular complexity index is 757. The van der Waals surface area contributed by atoms with E-state index in [2.05, 4.69) is 12.2 Å². The van der Waals surface area contributed by atoms with E-state index in [0.717, 1.165) is 17.8 Å². The van der Waals surface area contributed by atoms with Crippen LogP contribution in [0.25, 0.3) is 12.2 Å². The molecule has 0 amide bonds. The Morgan fingerprint density at radius 1 is 0.963 bits per heavy atom. The number of hydrogen-bond acceptors (Lipinski definition) is 3. The van der Waals surface area contributed by atoms with E-state index in [9.17, 15) is 14.5 Å². The predicted octanol–water partition coefficient (Wildman–Crippen LogP) is 6.68. The first kappa shape index (κ1) is 20.6. The zero-order valence-corrected chi connectivity index (χ0v) is 15.8. The van der Waals surface area contributed by atoms with E-state index in [1.165, 1.54) is 56.7 Å². The number of halogens is 1. The predicted molar refractivity (Wildman–Crippen MR) is 110 cm³/mol. The van der Waals surface area contributed by atoms with Crippen LogP contribution in [0.1, 0.15) is 56.6 Å². The molecule has 1 N–H and O–H groups in total. The molecule has 2 aromatic rings. The number of rotatable bonds is 11. The summed E-state index contributed by atoms with van der Waals surface area (Å²) in [4.78, 5) is 9.92. The van der Waals surface area contributed by atoms with Crippen LogP contribution in [-0.2, 0) is 0 Å². The van der Waals surface area contributed by atoms with E-state index in [1.54, 1.807) is 6.08 Å². The SMILES string of the molecule is CCCCCCCCNc1ccc(C=Cc2ccc([N+](=O)[O-])c(F)c2)cc1. The van der Waals surface area contributed by atoms with E-state index in [4.69, 9.17) is 0 Å². The maximum atomic E-state index is 13.6. The summed E-state index contributed by atoms with van der Waals surface area (Å²) >= 11 is 0. The molecule has 0 aliphatic rings. The highest BCUT2D eigenvalue weighted by Crippen LogP contribution is 2.20. The smallest absolute Gasteiger partial charge is 0.304 e. The lowest BCUT2D eigenvalue weighted by atomic mass is 10.1. The highest BCUT2D eigenvalue weighted by molar-refractivity contribution is 5.71. The molecule has 2 aromatic carbocycles. The van der Waals surface area contributed by atoms with Gasteiger partial charge in [-0.25, -0.2) is 0 Å². The number of hydrogen-bond donors (Lipinski definition) is 1. The Balaban J connectivity index is 1.80. The van der Waals surface area contributed by atoms with Crippen molar-refractivity contribution in [2.24, 2.45) is 0 Å². The molecule has 0 heterocycles. The molecule has 0 spiro atoms. The normalized spacial score (nSPS) is 11.0. The minimum atomic E-state index is -0.823. The summed E-state index contributed by atoms with van der Waals surface area (Å²) in [7, 11) is 0. The fourth-order valence-electron chi connectivity index (χ4n) is 2.82. The minimum Gasteiger partial charge on any atom is -0.385 e. The maximum Gasteiger partial charge on any atom is 0.304 e. The number of nitro groups is 1. The molecule has 4 nitrogen and oxygen atoms in total. The van der Waals surface area contributed by atoms with Crippen molar-refractivity contribution in [1.29, 1.82) is 0 Å². The zero-order chi connectivity index (χ0) is 19.5. The van der Waals surface area contributed by atoms with Gasteiger partial charge in [0.2, 0.25) is 5.82 Å². The Morgan fingerprint density at radius 2 is 1.59 bits per heavy atom. The first-order valence-corrected chi connectivity index (χ1v) is 9.56.